The molecule has 0 aliphatic carbocycles. The van der Waals surface area contributed by atoms with Crippen LogP contribution in [0, 0.1) is 6.92 Å². The first kappa shape index (κ1) is 10.3. The molecule has 2 heteroatoms. The molecule has 0 fully saturated rings. The fourth-order valence-electron chi connectivity index (χ4n) is 1.37. The zero-order valence-electron chi connectivity index (χ0n) is 8.05. The van der Waals surface area contributed by atoms with Crippen molar-refractivity contribution < 1.29 is 0 Å². The van der Waals surface area contributed by atoms with Gasteiger partial charge in [-0.05, 0) is 25.0 Å². The van der Waals surface area contributed by atoms with Crippen LogP contribution in [0.2, 0.25) is 5.02 Å². The molecule has 70 valence electrons. The number of hydrogen-bond acceptors (Lipinski definition) is 1. The van der Waals surface area contributed by atoms with Crippen LogP contribution in [0.5, 0.6) is 0 Å². The van der Waals surface area contributed by atoms with Crippen LogP contribution in [0.25, 0.3) is 0 Å². The minimum atomic E-state index is 0.318. The summed E-state index contributed by atoms with van der Waals surface area (Å²) in [6.07, 6.45) is 4.68. The Morgan fingerprint density at radius 1 is 1.69 bits per heavy atom. The molecule has 0 saturated heterocycles. The Kier molecular flexibility index (Phi) is 3.49. The van der Waals surface area contributed by atoms with Crippen molar-refractivity contribution in [1.29, 1.82) is 0 Å². The van der Waals surface area contributed by atoms with E-state index >= 15 is 0 Å². The molecule has 0 aliphatic heterocycles. The van der Waals surface area contributed by atoms with Gasteiger partial charge in [-0.15, -0.1) is 6.58 Å². The topological polar surface area (TPSA) is 12.9 Å². The van der Waals surface area contributed by atoms with Crippen molar-refractivity contribution in [3.8, 4) is 0 Å². The second kappa shape index (κ2) is 4.43. The number of aromatic nitrogens is 1. The van der Waals surface area contributed by atoms with Gasteiger partial charge in [-0.2, -0.15) is 0 Å². The van der Waals surface area contributed by atoms with E-state index in [2.05, 4.69) is 18.5 Å². The highest BCUT2D eigenvalue weighted by Crippen LogP contribution is 2.25. The van der Waals surface area contributed by atoms with E-state index in [1.165, 1.54) is 0 Å². The summed E-state index contributed by atoms with van der Waals surface area (Å²) in [5.74, 6) is 0.318. The molecule has 13 heavy (non-hydrogen) atoms. The molecule has 0 spiro atoms. The van der Waals surface area contributed by atoms with Crippen molar-refractivity contribution >= 4 is 11.6 Å². The number of allylic oxidation sites excluding steroid dienone is 1. The Balaban J connectivity index is 3.13. The van der Waals surface area contributed by atoms with Crippen LogP contribution in [0.3, 0.4) is 0 Å². The molecule has 0 radical (unpaired) electrons. The molecule has 0 aliphatic rings. The molecule has 0 aromatic carbocycles. The van der Waals surface area contributed by atoms with Crippen molar-refractivity contribution in [2.75, 3.05) is 0 Å². The van der Waals surface area contributed by atoms with E-state index in [9.17, 15) is 0 Å². The normalized spacial score (nSPS) is 12.5. The first-order valence-corrected chi connectivity index (χ1v) is 4.82. The van der Waals surface area contributed by atoms with Crippen LogP contribution < -0.4 is 0 Å². The van der Waals surface area contributed by atoms with Gasteiger partial charge in [-0.1, -0.05) is 24.6 Å². The van der Waals surface area contributed by atoms with Gasteiger partial charge in [0.1, 0.15) is 0 Å². The molecule has 1 nitrogen and oxygen atoms in total. The van der Waals surface area contributed by atoms with Gasteiger partial charge in [-0.25, -0.2) is 0 Å². The van der Waals surface area contributed by atoms with Crippen LogP contribution in [0.15, 0.2) is 24.9 Å². The molecule has 1 heterocycles. The van der Waals surface area contributed by atoms with Crippen molar-refractivity contribution in [2.24, 2.45) is 0 Å². The Labute approximate surface area is 84.5 Å². The van der Waals surface area contributed by atoms with E-state index in [-0.39, 0.29) is 0 Å². The Hall–Kier alpha value is -0.820. The fourth-order valence-corrected chi connectivity index (χ4v) is 1.53. The van der Waals surface area contributed by atoms with E-state index in [1.807, 2.05) is 19.1 Å². The van der Waals surface area contributed by atoms with Crippen molar-refractivity contribution in [1.82, 2.24) is 4.98 Å². The molecule has 1 atom stereocenters. The van der Waals surface area contributed by atoms with E-state index in [0.29, 0.717) is 5.92 Å². The molecular formula is C11H14ClN. The minimum absolute atomic E-state index is 0.318. The lowest BCUT2D eigenvalue weighted by atomic mass is 9.98. The summed E-state index contributed by atoms with van der Waals surface area (Å²) in [6, 6.07) is 1.82. The maximum atomic E-state index is 6.00. The summed E-state index contributed by atoms with van der Waals surface area (Å²) >= 11 is 6.00. The molecule has 1 aromatic heterocycles. The van der Waals surface area contributed by atoms with Gasteiger partial charge in [0.2, 0.25) is 0 Å². The number of rotatable bonds is 3. The predicted molar refractivity (Wildman–Crippen MR) is 57.2 cm³/mol. The van der Waals surface area contributed by atoms with E-state index < -0.39 is 0 Å². The van der Waals surface area contributed by atoms with Gasteiger partial charge in [0.25, 0.3) is 0 Å². The third-order valence-corrected chi connectivity index (χ3v) is 2.66. The maximum absolute atomic E-state index is 6.00. The second-order valence-electron chi connectivity index (χ2n) is 3.05. The Morgan fingerprint density at radius 2 is 2.38 bits per heavy atom. The van der Waals surface area contributed by atoms with E-state index in [4.69, 9.17) is 11.6 Å². The average Bonchev–Trinajstić information content (AvgIpc) is 2.14. The number of hydrogen-bond donors (Lipinski definition) is 0. The largest absolute Gasteiger partial charge is 0.260 e. The number of nitrogens with zero attached hydrogens (tertiary/aromatic N) is 1. The first-order chi connectivity index (χ1) is 6.20. The highest BCUT2D eigenvalue weighted by Gasteiger charge is 2.10. The lowest BCUT2D eigenvalue weighted by Gasteiger charge is -2.12. The third-order valence-electron chi connectivity index (χ3n) is 2.25. The molecule has 0 bridgehead atoms. The van der Waals surface area contributed by atoms with Crippen molar-refractivity contribution in [3.05, 3.63) is 41.2 Å². The lowest BCUT2D eigenvalue weighted by Crippen LogP contribution is -2.00. The molecular weight excluding hydrogens is 182 g/mol. The zero-order chi connectivity index (χ0) is 9.84. The molecule has 1 unspecified atom stereocenters. The summed E-state index contributed by atoms with van der Waals surface area (Å²) in [5, 5.41) is 0.783. The van der Waals surface area contributed by atoms with Crippen LogP contribution in [0.1, 0.15) is 30.5 Å². The van der Waals surface area contributed by atoms with Crippen molar-refractivity contribution in [2.45, 2.75) is 26.2 Å². The third kappa shape index (κ3) is 2.10. The van der Waals surface area contributed by atoms with Crippen LogP contribution in [-0.4, -0.2) is 4.98 Å². The quantitative estimate of drug-likeness (QED) is 0.670. The van der Waals surface area contributed by atoms with Crippen LogP contribution >= 0.6 is 11.6 Å². The summed E-state index contributed by atoms with van der Waals surface area (Å²) in [4.78, 5) is 4.33. The molecule has 1 aromatic rings. The highest BCUT2D eigenvalue weighted by atomic mass is 35.5. The monoisotopic (exact) mass is 195 g/mol. The van der Waals surface area contributed by atoms with Gasteiger partial charge in [-0.3, -0.25) is 4.98 Å². The molecule has 0 N–H and O–H groups in total. The fraction of sp³-hybridized carbons (Fsp3) is 0.364. The zero-order valence-corrected chi connectivity index (χ0v) is 8.80. The summed E-state index contributed by atoms with van der Waals surface area (Å²) in [5.41, 5.74) is 2.11. The molecule has 0 saturated carbocycles. The highest BCUT2D eigenvalue weighted by molar-refractivity contribution is 6.31. The average molecular weight is 196 g/mol. The number of halogens is 1. The minimum Gasteiger partial charge on any atom is -0.260 e. The summed E-state index contributed by atoms with van der Waals surface area (Å²) in [6.45, 7) is 7.91. The molecule has 1 rings (SSSR count). The van der Waals surface area contributed by atoms with E-state index in [1.54, 1.807) is 6.20 Å². The van der Waals surface area contributed by atoms with Crippen LogP contribution in [0.4, 0.5) is 0 Å². The van der Waals surface area contributed by atoms with Gasteiger partial charge >= 0.3 is 0 Å². The lowest BCUT2D eigenvalue weighted by molar-refractivity contribution is 0.769. The Morgan fingerprint density at radius 3 is 2.92 bits per heavy atom. The SMILES string of the molecule is C=CC(CC)c1nccc(Cl)c1C. The van der Waals surface area contributed by atoms with Gasteiger partial charge in [0.05, 0.1) is 5.69 Å². The predicted octanol–water partition coefficient (Wildman–Crippen LogP) is 3.72. The Bertz CT molecular complexity index is 307. The smallest absolute Gasteiger partial charge is 0.0515 e. The molecule has 0 amide bonds. The number of pyridine rings is 1. The van der Waals surface area contributed by atoms with E-state index in [0.717, 1.165) is 22.7 Å². The first-order valence-electron chi connectivity index (χ1n) is 4.44. The van der Waals surface area contributed by atoms with Gasteiger partial charge in [0.15, 0.2) is 0 Å². The van der Waals surface area contributed by atoms with Crippen molar-refractivity contribution in [3.63, 3.8) is 0 Å². The maximum Gasteiger partial charge on any atom is 0.0515 e. The van der Waals surface area contributed by atoms with Gasteiger partial charge in [0, 0.05) is 17.1 Å². The standard InChI is InChI=1S/C11H14ClN/c1-4-9(5-2)11-8(3)10(12)6-7-13-11/h4,6-7,9H,1,5H2,2-3H3. The summed E-state index contributed by atoms with van der Waals surface area (Å²) < 4.78 is 0. The summed E-state index contributed by atoms with van der Waals surface area (Å²) in [7, 11) is 0. The van der Waals surface area contributed by atoms with Gasteiger partial charge < -0.3 is 0 Å². The van der Waals surface area contributed by atoms with Crippen LogP contribution in [-0.2, 0) is 0 Å². The second-order valence-corrected chi connectivity index (χ2v) is 3.46.